The van der Waals surface area contributed by atoms with Crippen molar-refractivity contribution in [3.63, 3.8) is 0 Å². The first-order chi connectivity index (χ1) is 23.0. The Morgan fingerprint density at radius 1 is 0.745 bits per heavy atom. The highest BCUT2D eigenvalue weighted by Gasteiger charge is 2.38. The number of aliphatic hydroxyl groups excluding tert-OH is 1. The number of ether oxygens (including phenoxy) is 2. The number of nitrogens with zero attached hydrogens (tertiary/aromatic N) is 1. The van der Waals surface area contributed by atoms with Crippen molar-refractivity contribution in [2.24, 2.45) is 5.92 Å². The number of hydrogen-bond acceptors (Lipinski definition) is 5. The van der Waals surface area contributed by atoms with Gasteiger partial charge in [-0.05, 0) is 52.6 Å². The van der Waals surface area contributed by atoms with Crippen LogP contribution in [0.2, 0.25) is 0 Å². The Morgan fingerprint density at radius 2 is 1.38 bits per heavy atom. The number of likely N-dealkylation sites (N-methyl/N-ethyl adjacent to an activating group) is 1. The third-order valence-corrected chi connectivity index (χ3v) is 8.90. The first-order valence-corrected chi connectivity index (χ1v) is 16.2. The van der Waals surface area contributed by atoms with E-state index in [-0.39, 0.29) is 30.6 Å². The van der Waals surface area contributed by atoms with Gasteiger partial charge in [0.2, 0.25) is 0 Å². The minimum Gasteiger partial charge on any atom is -0.392 e. The van der Waals surface area contributed by atoms with E-state index in [1.807, 2.05) is 66.7 Å². The molecule has 4 atom stereocenters. The Labute approximate surface area is 277 Å². The van der Waals surface area contributed by atoms with Crippen LogP contribution in [0.25, 0.3) is 11.1 Å². The topological polar surface area (TPSA) is 71.0 Å². The minimum atomic E-state index is -0.543. The Balaban J connectivity index is 1.21. The van der Waals surface area contributed by atoms with Gasteiger partial charge < -0.3 is 19.9 Å². The highest BCUT2D eigenvalue weighted by Crippen LogP contribution is 2.42. The normalized spacial score (nSPS) is 19.4. The van der Waals surface area contributed by atoms with Crippen molar-refractivity contribution >= 4 is 5.91 Å². The molecule has 4 unspecified atom stereocenters. The Kier molecular flexibility index (Phi) is 10.6. The maximum atomic E-state index is 12.7. The molecule has 240 valence electrons. The van der Waals surface area contributed by atoms with Gasteiger partial charge >= 0.3 is 0 Å². The maximum Gasteiger partial charge on any atom is 0.251 e. The van der Waals surface area contributed by atoms with Crippen molar-refractivity contribution in [3.8, 4) is 11.1 Å². The van der Waals surface area contributed by atoms with Crippen LogP contribution in [0.3, 0.4) is 0 Å². The van der Waals surface area contributed by atoms with E-state index >= 15 is 0 Å². The lowest BCUT2D eigenvalue weighted by Gasteiger charge is -2.42. The second-order valence-electron chi connectivity index (χ2n) is 12.3. The molecule has 6 heteroatoms. The summed E-state index contributed by atoms with van der Waals surface area (Å²) in [5.74, 6) is 0.00259. The van der Waals surface area contributed by atoms with E-state index in [1.165, 1.54) is 5.56 Å². The van der Waals surface area contributed by atoms with Gasteiger partial charge in [0, 0.05) is 36.7 Å². The van der Waals surface area contributed by atoms with Crippen molar-refractivity contribution in [1.29, 1.82) is 0 Å². The summed E-state index contributed by atoms with van der Waals surface area (Å²) in [5, 5.41) is 12.7. The van der Waals surface area contributed by atoms with Crippen LogP contribution in [0.15, 0.2) is 133 Å². The lowest BCUT2D eigenvalue weighted by Crippen LogP contribution is -2.43. The van der Waals surface area contributed by atoms with E-state index in [4.69, 9.17) is 9.47 Å². The number of carbonyl (C=O) groups excluding carboxylic acids is 1. The van der Waals surface area contributed by atoms with E-state index in [9.17, 15) is 9.90 Å². The maximum absolute atomic E-state index is 12.7. The lowest BCUT2D eigenvalue weighted by atomic mass is 9.90. The quantitative estimate of drug-likeness (QED) is 0.157. The average molecular weight is 627 g/mol. The summed E-state index contributed by atoms with van der Waals surface area (Å²) in [6, 6.07) is 44.3. The fraction of sp³-hybridized carbons (Fsp3) is 0.244. The zero-order valence-corrected chi connectivity index (χ0v) is 27.0. The number of carbonyl (C=O) groups is 1. The van der Waals surface area contributed by atoms with Crippen molar-refractivity contribution in [1.82, 2.24) is 10.2 Å². The van der Waals surface area contributed by atoms with Gasteiger partial charge in [-0.3, -0.25) is 9.69 Å². The fourth-order valence-electron chi connectivity index (χ4n) is 6.24. The molecule has 1 amide bonds. The summed E-state index contributed by atoms with van der Waals surface area (Å²) >= 11 is 0. The molecule has 6 rings (SSSR count). The Morgan fingerprint density at radius 3 is 2.09 bits per heavy atom. The summed E-state index contributed by atoms with van der Waals surface area (Å²) in [5.41, 5.74) is 7.95. The van der Waals surface area contributed by atoms with Gasteiger partial charge in [-0.2, -0.15) is 0 Å². The van der Waals surface area contributed by atoms with E-state index in [0.717, 1.165) is 46.5 Å². The van der Waals surface area contributed by atoms with Crippen molar-refractivity contribution in [2.45, 2.75) is 45.1 Å². The van der Waals surface area contributed by atoms with Crippen molar-refractivity contribution in [3.05, 3.63) is 167 Å². The molecule has 1 fully saturated rings. The predicted octanol–water partition coefficient (Wildman–Crippen LogP) is 7.70. The van der Waals surface area contributed by atoms with Crippen LogP contribution in [0.1, 0.15) is 57.5 Å². The lowest BCUT2D eigenvalue weighted by molar-refractivity contribution is -0.276. The molecule has 0 aromatic heterocycles. The van der Waals surface area contributed by atoms with Crippen LogP contribution in [-0.4, -0.2) is 35.6 Å². The second kappa shape index (κ2) is 15.3. The van der Waals surface area contributed by atoms with E-state index in [1.54, 1.807) is 0 Å². The van der Waals surface area contributed by atoms with Crippen LogP contribution in [0, 0.1) is 5.92 Å². The van der Waals surface area contributed by atoms with Gasteiger partial charge in [0.15, 0.2) is 6.29 Å². The third-order valence-electron chi connectivity index (χ3n) is 8.90. The number of nitrogens with one attached hydrogen (secondary N) is 1. The smallest absolute Gasteiger partial charge is 0.251 e. The van der Waals surface area contributed by atoms with Crippen LogP contribution in [-0.2, 0) is 29.2 Å². The molecule has 0 bridgehead atoms. The van der Waals surface area contributed by atoms with Gasteiger partial charge in [0.05, 0.1) is 18.8 Å². The number of benzene rings is 5. The number of rotatable bonds is 11. The fourth-order valence-corrected chi connectivity index (χ4v) is 6.24. The Bertz CT molecular complexity index is 1730. The number of amides is 1. The molecule has 2 N–H and O–H groups in total. The van der Waals surface area contributed by atoms with Gasteiger partial charge in [0.25, 0.3) is 5.91 Å². The van der Waals surface area contributed by atoms with Crippen LogP contribution < -0.4 is 5.32 Å². The largest absolute Gasteiger partial charge is 0.392 e. The summed E-state index contributed by atoms with van der Waals surface area (Å²) in [4.78, 5) is 15.0. The zero-order chi connectivity index (χ0) is 32.6. The molecule has 1 saturated heterocycles. The molecule has 0 saturated carbocycles. The minimum absolute atomic E-state index is 0.00880. The molecule has 5 aromatic carbocycles. The summed E-state index contributed by atoms with van der Waals surface area (Å²) in [6.45, 7) is 4.21. The molecule has 5 aromatic rings. The van der Waals surface area contributed by atoms with Crippen molar-refractivity contribution in [2.75, 3.05) is 13.6 Å². The first-order valence-electron chi connectivity index (χ1n) is 16.2. The molecule has 0 aliphatic carbocycles. The predicted molar refractivity (Wildman–Crippen MR) is 185 cm³/mol. The summed E-state index contributed by atoms with van der Waals surface area (Å²) in [6.07, 6.45) is -0.790. The number of hydrogen-bond donors (Lipinski definition) is 2. The molecule has 1 heterocycles. The molecule has 47 heavy (non-hydrogen) atoms. The van der Waals surface area contributed by atoms with Crippen molar-refractivity contribution < 1.29 is 19.4 Å². The van der Waals surface area contributed by atoms with Gasteiger partial charge in [-0.1, -0.05) is 128 Å². The zero-order valence-electron chi connectivity index (χ0n) is 27.0. The molecule has 0 radical (unpaired) electrons. The first kappa shape index (κ1) is 32.4. The van der Waals surface area contributed by atoms with Gasteiger partial charge in [-0.15, -0.1) is 0 Å². The van der Waals surface area contributed by atoms with Gasteiger partial charge in [-0.25, -0.2) is 0 Å². The second-order valence-corrected chi connectivity index (χ2v) is 12.3. The molecule has 1 aliphatic rings. The van der Waals surface area contributed by atoms with E-state index in [0.29, 0.717) is 12.1 Å². The van der Waals surface area contributed by atoms with Gasteiger partial charge in [0.1, 0.15) is 0 Å². The third kappa shape index (κ3) is 8.05. The SMILES string of the molecule is CC1C(CN(C)Cc2ccccc2)OC(c2ccc(-c3ccccc3CNC(=O)c3ccccc3)cc2)OC1c1ccc(CO)cc1. The number of aliphatic hydroxyl groups is 1. The highest BCUT2D eigenvalue weighted by molar-refractivity contribution is 5.94. The van der Waals surface area contributed by atoms with Crippen LogP contribution >= 0.6 is 0 Å². The molecular formula is C41H42N2O4. The molecule has 6 nitrogen and oxygen atoms in total. The van der Waals surface area contributed by atoms with E-state index in [2.05, 4.69) is 90.9 Å². The standard InChI is InChI=1S/C41H42N2O4/c1-29-38(27-43(2)26-30-11-5-3-6-12-30)46-41(47-39(29)33-19-17-31(28-44)18-20-33)35-23-21-32(22-24-35)37-16-10-9-15-36(37)25-42-40(45)34-13-7-4-8-14-34/h3-24,29,38-39,41,44H,25-28H2,1-2H3,(H,42,45). The monoisotopic (exact) mass is 626 g/mol. The van der Waals surface area contributed by atoms with Crippen LogP contribution in [0.5, 0.6) is 0 Å². The Hall–Kier alpha value is -4.59. The summed E-state index contributed by atoms with van der Waals surface area (Å²) < 4.78 is 13.4. The van der Waals surface area contributed by atoms with E-state index < -0.39 is 6.29 Å². The molecule has 1 aliphatic heterocycles. The van der Waals surface area contributed by atoms with Crippen LogP contribution in [0.4, 0.5) is 0 Å². The molecular weight excluding hydrogens is 584 g/mol. The summed E-state index contributed by atoms with van der Waals surface area (Å²) in [7, 11) is 2.13. The average Bonchev–Trinajstić information content (AvgIpc) is 3.12. The highest BCUT2D eigenvalue weighted by atomic mass is 16.7. The molecule has 0 spiro atoms.